The van der Waals surface area contributed by atoms with Crippen molar-refractivity contribution in [2.75, 3.05) is 17.7 Å². The summed E-state index contributed by atoms with van der Waals surface area (Å²) in [6, 6.07) is 19.0. The predicted octanol–water partition coefficient (Wildman–Crippen LogP) is 6.26. The number of benzene rings is 3. The highest BCUT2D eigenvalue weighted by molar-refractivity contribution is 7.98. The van der Waals surface area contributed by atoms with E-state index in [-0.39, 0.29) is 11.7 Å². The summed E-state index contributed by atoms with van der Waals surface area (Å²) in [7, 11) is 1.59. The number of nitrogens with one attached hydrogen (secondary N) is 2. The molecule has 0 saturated carbocycles. The molecule has 0 unspecified atom stereocenters. The third-order valence-electron chi connectivity index (χ3n) is 6.47. The van der Waals surface area contributed by atoms with Crippen molar-refractivity contribution in [1.82, 2.24) is 14.8 Å². The summed E-state index contributed by atoms with van der Waals surface area (Å²) in [6.45, 7) is 6.01. The van der Waals surface area contributed by atoms with E-state index in [9.17, 15) is 9.18 Å². The first-order chi connectivity index (χ1) is 18.3. The van der Waals surface area contributed by atoms with E-state index >= 15 is 0 Å². The molecule has 1 aromatic heterocycles. The van der Waals surface area contributed by atoms with E-state index in [0.717, 1.165) is 5.56 Å². The van der Waals surface area contributed by atoms with Crippen LogP contribution >= 0.6 is 11.8 Å². The van der Waals surface area contributed by atoms with Gasteiger partial charge < -0.3 is 15.4 Å². The summed E-state index contributed by atoms with van der Waals surface area (Å²) >= 11 is 1.53. The lowest BCUT2D eigenvalue weighted by molar-refractivity contribution is -0.113. The van der Waals surface area contributed by atoms with Gasteiger partial charge in [0.1, 0.15) is 17.6 Å². The van der Waals surface area contributed by atoms with Crippen LogP contribution in [0.25, 0.3) is 0 Å². The molecule has 1 atom stereocenters. The molecule has 5 rings (SSSR count). The second kappa shape index (κ2) is 10.7. The Morgan fingerprint density at radius 2 is 1.82 bits per heavy atom. The fourth-order valence-electron chi connectivity index (χ4n) is 4.46. The van der Waals surface area contributed by atoms with Gasteiger partial charge in [-0.05, 0) is 73.9 Å². The Kier molecular flexibility index (Phi) is 7.20. The zero-order valence-corrected chi connectivity index (χ0v) is 22.4. The number of rotatable bonds is 7. The number of carbonyl (C=O) groups is 1. The second-order valence-corrected chi connectivity index (χ2v) is 10.1. The molecule has 9 heteroatoms. The van der Waals surface area contributed by atoms with Gasteiger partial charge in [0.25, 0.3) is 5.91 Å². The molecule has 38 heavy (non-hydrogen) atoms. The number of fused-ring (bicyclic) bond motifs is 1. The van der Waals surface area contributed by atoms with Crippen molar-refractivity contribution >= 4 is 29.3 Å². The standard InChI is InChI=1S/C29H28FN5O2S/c1-17-5-6-21(18(2)15-17)16-38-29-33-28-31-19(3)25(27(36)32-23-11-13-24(37-4)14-12-23)26(35(28)34-29)20-7-9-22(30)10-8-20/h5-15,26H,16H2,1-4H3,(H,32,36)(H,31,33,34)/t26-/m1/s1. The van der Waals surface area contributed by atoms with Crippen LogP contribution in [0.15, 0.2) is 83.2 Å². The summed E-state index contributed by atoms with van der Waals surface area (Å²) in [4.78, 5) is 18.3. The molecule has 0 aliphatic carbocycles. The monoisotopic (exact) mass is 529 g/mol. The number of halogens is 1. The molecule has 0 saturated heterocycles. The number of anilines is 2. The van der Waals surface area contributed by atoms with Crippen LogP contribution in [0, 0.1) is 19.7 Å². The van der Waals surface area contributed by atoms with E-state index in [1.165, 1.54) is 40.6 Å². The Morgan fingerprint density at radius 1 is 1.08 bits per heavy atom. The summed E-state index contributed by atoms with van der Waals surface area (Å²) < 4.78 is 20.7. The van der Waals surface area contributed by atoms with Crippen LogP contribution in [0.3, 0.4) is 0 Å². The van der Waals surface area contributed by atoms with Gasteiger partial charge in [0.15, 0.2) is 0 Å². The lowest BCUT2D eigenvalue weighted by Gasteiger charge is -2.28. The molecule has 2 heterocycles. The van der Waals surface area contributed by atoms with Gasteiger partial charge in [0, 0.05) is 17.1 Å². The van der Waals surface area contributed by atoms with Crippen LogP contribution in [0.4, 0.5) is 16.0 Å². The molecule has 1 aliphatic rings. The van der Waals surface area contributed by atoms with E-state index in [4.69, 9.17) is 14.8 Å². The molecular weight excluding hydrogens is 501 g/mol. The number of hydrogen-bond donors (Lipinski definition) is 2. The van der Waals surface area contributed by atoms with E-state index in [1.54, 1.807) is 48.2 Å². The maximum absolute atomic E-state index is 13.8. The number of methoxy groups -OCH3 is 1. The first kappa shape index (κ1) is 25.5. The number of aryl methyl sites for hydroxylation is 2. The Bertz CT molecular complexity index is 1510. The third-order valence-corrected chi connectivity index (χ3v) is 7.35. The molecule has 3 aromatic carbocycles. The zero-order chi connectivity index (χ0) is 26.8. The van der Waals surface area contributed by atoms with Gasteiger partial charge in [-0.1, -0.05) is 47.7 Å². The minimum atomic E-state index is -0.590. The van der Waals surface area contributed by atoms with E-state index in [0.29, 0.717) is 39.6 Å². The van der Waals surface area contributed by atoms with E-state index < -0.39 is 6.04 Å². The maximum Gasteiger partial charge on any atom is 0.255 e. The topological polar surface area (TPSA) is 81.1 Å². The van der Waals surface area contributed by atoms with Crippen molar-refractivity contribution in [2.45, 2.75) is 37.7 Å². The molecule has 194 valence electrons. The van der Waals surface area contributed by atoms with Crippen molar-refractivity contribution in [3.05, 3.63) is 106 Å². The Morgan fingerprint density at radius 3 is 2.50 bits per heavy atom. The molecule has 0 fully saturated rings. The Labute approximate surface area is 225 Å². The van der Waals surface area contributed by atoms with Gasteiger partial charge >= 0.3 is 0 Å². The first-order valence-corrected chi connectivity index (χ1v) is 13.1. The molecule has 0 spiro atoms. The van der Waals surface area contributed by atoms with Crippen LogP contribution in [0.5, 0.6) is 5.75 Å². The van der Waals surface area contributed by atoms with Gasteiger partial charge in [0.2, 0.25) is 11.1 Å². The summed E-state index contributed by atoms with van der Waals surface area (Å²) in [5, 5.41) is 11.6. The first-order valence-electron chi connectivity index (χ1n) is 12.2. The number of nitrogens with zero attached hydrogens (tertiary/aromatic N) is 3. The summed E-state index contributed by atoms with van der Waals surface area (Å²) in [6.07, 6.45) is 0. The maximum atomic E-state index is 13.8. The van der Waals surface area contributed by atoms with Crippen molar-refractivity contribution in [3.63, 3.8) is 0 Å². The highest BCUT2D eigenvalue weighted by atomic mass is 32.2. The minimum absolute atomic E-state index is 0.292. The average molecular weight is 530 g/mol. The smallest absolute Gasteiger partial charge is 0.255 e. The molecule has 7 nitrogen and oxygen atoms in total. The summed E-state index contributed by atoms with van der Waals surface area (Å²) in [5.41, 5.74) is 6.13. The van der Waals surface area contributed by atoms with Crippen molar-refractivity contribution in [3.8, 4) is 5.75 Å². The second-order valence-electron chi connectivity index (χ2n) is 9.18. The predicted molar refractivity (Wildman–Crippen MR) is 148 cm³/mol. The molecule has 0 bridgehead atoms. The molecule has 0 radical (unpaired) electrons. The largest absolute Gasteiger partial charge is 0.497 e. The number of carbonyl (C=O) groups excluding carboxylic acids is 1. The minimum Gasteiger partial charge on any atom is -0.497 e. The molecular formula is C29H28FN5O2S. The number of amides is 1. The van der Waals surface area contributed by atoms with E-state index in [2.05, 4.69) is 42.7 Å². The van der Waals surface area contributed by atoms with E-state index in [1.807, 2.05) is 6.92 Å². The van der Waals surface area contributed by atoms with Crippen molar-refractivity contribution in [1.29, 1.82) is 0 Å². The number of hydrogen-bond acceptors (Lipinski definition) is 6. The quantitative estimate of drug-likeness (QED) is 0.275. The van der Waals surface area contributed by atoms with Crippen molar-refractivity contribution in [2.24, 2.45) is 0 Å². The molecule has 1 amide bonds. The number of ether oxygens (including phenoxy) is 1. The van der Waals surface area contributed by atoms with Gasteiger partial charge in [-0.2, -0.15) is 4.98 Å². The zero-order valence-electron chi connectivity index (χ0n) is 21.6. The van der Waals surface area contributed by atoms with Crippen LogP contribution in [0.2, 0.25) is 0 Å². The van der Waals surface area contributed by atoms with Gasteiger partial charge in [-0.25, -0.2) is 9.07 Å². The summed E-state index contributed by atoms with van der Waals surface area (Å²) in [5.74, 6) is 1.30. The van der Waals surface area contributed by atoms with Crippen molar-refractivity contribution < 1.29 is 13.9 Å². The van der Waals surface area contributed by atoms with Gasteiger partial charge in [0.05, 0.1) is 12.7 Å². The van der Waals surface area contributed by atoms with Crippen LogP contribution in [0.1, 0.15) is 35.2 Å². The Hall–Kier alpha value is -4.11. The average Bonchev–Trinajstić information content (AvgIpc) is 3.30. The fraction of sp³-hybridized carbons (Fsp3) is 0.207. The lowest BCUT2D eigenvalue weighted by Crippen LogP contribution is -2.31. The third kappa shape index (κ3) is 5.28. The Balaban J connectivity index is 1.46. The fourth-order valence-corrected chi connectivity index (χ4v) is 5.37. The molecule has 2 N–H and O–H groups in total. The normalized spacial score (nSPS) is 14.6. The molecule has 4 aromatic rings. The van der Waals surface area contributed by atoms with Gasteiger partial charge in [-0.15, -0.1) is 5.10 Å². The highest BCUT2D eigenvalue weighted by Gasteiger charge is 2.34. The van der Waals surface area contributed by atoms with Crippen LogP contribution in [-0.2, 0) is 10.5 Å². The van der Waals surface area contributed by atoms with Crippen LogP contribution < -0.4 is 15.4 Å². The lowest BCUT2D eigenvalue weighted by atomic mass is 9.95. The number of allylic oxidation sites excluding steroid dienone is 1. The van der Waals surface area contributed by atoms with Gasteiger partial charge in [-0.3, -0.25) is 4.79 Å². The SMILES string of the molecule is COc1ccc(NC(=O)C2=C(C)Nc3nc(SCc4ccc(C)cc4C)nn3[C@@H]2c2ccc(F)cc2)cc1. The van der Waals surface area contributed by atoms with Crippen LogP contribution in [-0.4, -0.2) is 27.8 Å². The number of aromatic nitrogens is 3. The molecule has 1 aliphatic heterocycles. The number of thioether (sulfide) groups is 1. The highest BCUT2D eigenvalue weighted by Crippen LogP contribution is 2.37.